The standard InChI is InChI=1S/C18H20N6/c1-3-16(14-24(11-1)18-21-6-2-7-22-18)17-20-10-12-23(17)13-15-4-8-19-9-5-15/h2,4-10,12,16H,1,3,11,13-14H2. The van der Waals surface area contributed by atoms with E-state index in [1.165, 1.54) is 5.56 Å². The molecule has 1 aliphatic heterocycles. The summed E-state index contributed by atoms with van der Waals surface area (Å²) in [4.78, 5) is 19.8. The van der Waals surface area contributed by atoms with Gasteiger partial charge in [-0.05, 0) is 36.6 Å². The lowest BCUT2D eigenvalue weighted by Crippen LogP contribution is -2.36. The first-order valence-electron chi connectivity index (χ1n) is 8.32. The van der Waals surface area contributed by atoms with Gasteiger partial charge in [-0.25, -0.2) is 15.0 Å². The molecule has 4 heterocycles. The van der Waals surface area contributed by atoms with Gasteiger partial charge in [0.25, 0.3) is 0 Å². The second-order valence-electron chi connectivity index (χ2n) is 6.10. The molecule has 0 N–H and O–H groups in total. The van der Waals surface area contributed by atoms with E-state index in [1.54, 1.807) is 12.4 Å². The maximum atomic E-state index is 4.64. The summed E-state index contributed by atoms with van der Waals surface area (Å²) in [6.07, 6.45) is 13.5. The molecule has 1 saturated heterocycles. The second kappa shape index (κ2) is 6.78. The van der Waals surface area contributed by atoms with Crippen molar-refractivity contribution in [3.63, 3.8) is 0 Å². The minimum absolute atomic E-state index is 0.402. The third-order valence-corrected chi connectivity index (χ3v) is 4.47. The van der Waals surface area contributed by atoms with E-state index < -0.39 is 0 Å². The number of imidazole rings is 1. The average molecular weight is 320 g/mol. The van der Waals surface area contributed by atoms with Crippen molar-refractivity contribution in [2.75, 3.05) is 18.0 Å². The molecule has 122 valence electrons. The molecule has 0 saturated carbocycles. The van der Waals surface area contributed by atoms with Crippen LogP contribution in [0.15, 0.2) is 55.4 Å². The summed E-state index contributed by atoms with van der Waals surface area (Å²) in [5.41, 5.74) is 1.24. The zero-order chi connectivity index (χ0) is 16.2. The molecule has 3 aromatic rings. The highest BCUT2D eigenvalue weighted by Gasteiger charge is 2.25. The van der Waals surface area contributed by atoms with E-state index in [-0.39, 0.29) is 0 Å². The number of piperidine rings is 1. The first-order chi connectivity index (χ1) is 11.9. The third kappa shape index (κ3) is 3.13. The van der Waals surface area contributed by atoms with Crippen LogP contribution in [0.2, 0.25) is 0 Å². The fraction of sp³-hybridized carbons (Fsp3) is 0.333. The number of hydrogen-bond donors (Lipinski definition) is 0. The van der Waals surface area contributed by atoms with E-state index in [4.69, 9.17) is 0 Å². The Labute approximate surface area is 141 Å². The predicted octanol–water partition coefficient (Wildman–Crippen LogP) is 2.50. The Bertz CT molecular complexity index is 770. The summed E-state index contributed by atoms with van der Waals surface area (Å²) < 4.78 is 2.25. The Balaban J connectivity index is 1.53. The summed E-state index contributed by atoms with van der Waals surface area (Å²) in [7, 11) is 0. The van der Waals surface area contributed by atoms with Gasteiger partial charge in [0.2, 0.25) is 5.95 Å². The van der Waals surface area contributed by atoms with Crippen molar-refractivity contribution in [1.29, 1.82) is 0 Å². The minimum Gasteiger partial charge on any atom is -0.340 e. The average Bonchev–Trinajstić information content (AvgIpc) is 3.12. The number of aromatic nitrogens is 5. The van der Waals surface area contributed by atoms with Crippen LogP contribution in [0.5, 0.6) is 0 Å². The first kappa shape index (κ1) is 14.8. The van der Waals surface area contributed by atoms with Gasteiger partial charge >= 0.3 is 0 Å². The van der Waals surface area contributed by atoms with Crippen LogP contribution >= 0.6 is 0 Å². The number of nitrogens with zero attached hydrogens (tertiary/aromatic N) is 6. The molecule has 3 aromatic heterocycles. The monoisotopic (exact) mass is 320 g/mol. The SMILES string of the molecule is c1cnc(N2CCCC(c3nccn3Cc3ccncc3)C2)nc1. The number of anilines is 1. The Morgan fingerprint density at radius 2 is 1.83 bits per heavy atom. The molecule has 0 spiro atoms. The van der Waals surface area contributed by atoms with Crippen molar-refractivity contribution in [3.05, 3.63) is 66.8 Å². The third-order valence-electron chi connectivity index (χ3n) is 4.47. The second-order valence-corrected chi connectivity index (χ2v) is 6.10. The Morgan fingerprint density at radius 1 is 1.00 bits per heavy atom. The molecular weight excluding hydrogens is 300 g/mol. The quantitative estimate of drug-likeness (QED) is 0.739. The molecule has 0 amide bonds. The van der Waals surface area contributed by atoms with Crippen LogP contribution in [-0.4, -0.2) is 37.6 Å². The maximum absolute atomic E-state index is 4.64. The molecule has 0 aliphatic carbocycles. The van der Waals surface area contributed by atoms with Crippen molar-refractivity contribution in [3.8, 4) is 0 Å². The van der Waals surface area contributed by atoms with Crippen LogP contribution in [0.1, 0.15) is 30.1 Å². The van der Waals surface area contributed by atoms with E-state index in [0.29, 0.717) is 5.92 Å². The lowest BCUT2D eigenvalue weighted by atomic mass is 9.97. The number of rotatable bonds is 4. The first-order valence-corrected chi connectivity index (χ1v) is 8.32. The van der Waals surface area contributed by atoms with Gasteiger partial charge in [0.1, 0.15) is 5.82 Å². The molecule has 6 heteroatoms. The van der Waals surface area contributed by atoms with Gasteiger partial charge in [-0.1, -0.05) is 0 Å². The predicted molar refractivity (Wildman–Crippen MR) is 91.8 cm³/mol. The lowest BCUT2D eigenvalue weighted by Gasteiger charge is -2.32. The summed E-state index contributed by atoms with van der Waals surface area (Å²) in [5, 5.41) is 0. The molecule has 1 aliphatic rings. The minimum atomic E-state index is 0.402. The highest BCUT2D eigenvalue weighted by Crippen LogP contribution is 2.27. The van der Waals surface area contributed by atoms with E-state index in [2.05, 4.69) is 47.7 Å². The molecule has 6 nitrogen and oxygen atoms in total. The number of pyridine rings is 1. The van der Waals surface area contributed by atoms with Crippen molar-refractivity contribution in [1.82, 2.24) is 24.5 Å². The van der Waals surface area contributed by atoms with E-state index >= 15 is 0 Å². The van der Waals surface area contributed by atoms with Crippen LogP contribution in [0.4, 0.5) is 5.95 Å². The Kier molecular flexibility index (Phi) is 4.18. The molecule has 24 heavy (non-hydrogen) atoms. The van der Waals surface area contributed by atoms with E-state index in [9.17, 15) is 0 Å². The van der Waals surface area contributed by atoms with Crippen LogP contribution in [-0.2, 0) is 6.54 Å². The van der Waals surface area contributed by atoms with Crippen LogP contribution in [0.25, 0.3) is 0 Å². The van der Waals surface area contributed by atoms with Gasteiger partial charge in [0, 0.05) is 62.7 Å². The van der Waals surface area contributed by atoms with Crippen LogP contribution < -0.4 is 4.90 Å². The molecule has 1 unspecified atom stereocenters. The molecule has 0 bridgehead atoms. The van der Waals surface area contributed by atoms with Gasteiger partial charge in [-0.2, -0.15) is 0 Å². The van der Waals surface area contributed by atoms with Gasteiger partial charge in [-0.15, -0.1) is 0 Å². The zero-order valence-corrected chi connectivity index (χ0v) is 13.5. The largest absolute Gasteiger partial charge is 0.340 e. The maximum Gasteiger partial charge on any atom is 0.225 e. The molecule has 1 atom stereocenters. The van der Waals surface area contributed by atoms with Crippen molar-refractivity contribution >= 4 is 5.95 Å². The van der Waals surface area contributed by atoms with Gasteiger partial charge in [-0.3, -0.25) is 4.98 Å². The molecule has 0 radical (unpaired) electrons. The summed E-state index contributed by atoms with van der Waals surface area (Å²) in [6.45, 7) is 2.75. The topological polar surface area (TPSA) is 59.7 Å². The lowest BCUT2D eigenvalue weighted by molar-refractivity contribution is 0.471. The molecule has 1 fully saturated rings. The fourth-order valence-corrected chi connectivity index (χ4v) is 3.32. The van der Waals surface area contributed by atoms with Crippen molar-refractivity contribution in [2.24, 2.45) is 0 Å². The highest BCUT2D eigenvalue weighted by atomic mass is 15.3. The molecular formula is C18H20N6. The highest BCUT2D eigenvalue weighted by molar-refractivity contribution is 5.30. The van der Waals surface area contributed by atoms with Crippen LogP contribution in [0, 0.1) is 0 Å². The summed E-state index contributed by atoms with van der Waals surface area (Å²) >= 11 is 0. The van der Waals surface area contributed by atoms with Gasteiger partial charge in [0.05, 0.1) is 0 Å². The smallest absolute Gasteiger partial charge is 0.225 e. The van der Waals surface area contributed by atoms with Gasteiger partial charge < -0.3 is 9.47 Å². The normalized spacial score (nSPS) is 17.8. The Morgan fingerprint density at radius 3 is 2.67 bits per heavy atom. The zero-order valence-electron chi connectivity index (χ0n) is 13.5. The van der Waals surface area contributed by atoms with Crippen molar-refractivity contribution < 1.29 is 0 Å². The summed E-state index contributed by atoms with van der Waals surface area (Å²) in [6, 6.07) is 5.95. The van der Waals surface area contributed by atoms with Crippen molar-refractivity contribution in [2.45, 2.75) is 25.3 Å². The fourth-order valence-electron chi connectivity index (χ4n) is 3.32. The van der Waals surface area contributed by atoms with E-state index in [1.807, 2.05) is 24.7 Å². The van der Waals surface area contributed by atoms with Crippen LogP contribution in [0.3, 0.4) is 0 Å². The number of hydrogen-bond acceptors (Lipinski definition) is 5. The van der Waals surface area contributed by atoms with Gasteiger partial charge in [0.15, 0.2) is 0 Å². The molecule has 0 aromatic carbocycles. The van der Waals surface area contributed by atoms with E-state index in [0.717, 1.165) is 44.2 Å². The molecule has 4 rings (SSSR count). The summed E-state index contributed by atoms with van der Waals surface area (Å²) in [5.74, 6) is 2.36. The Hall–Kier alpha value is -2.76.